The molecule has 0 amide bonds. The number of aliphatic hydroxyl groups is 1. The maximum atomic E-state index is 9.92. The first-order valence-corrected chi connectivity index (χ1v) is 4.63. The van der Waals surface area contributed by atoms with Crippen molar-refractivity contribution in [2.45, 2.75) is 44.6 Å². The molecule has 1 aliphatic carbocycles. The molecule has 0 spiro atoms. The van der Waals surface area contributed by atoms with E-state index in [1.54, 1.807) is 0 Å². The van der Waals surface area contributed by atoms with Gasteiger partial charge in [0.1, 0.15) is 5.60 Å². The highest BCUT2D eigenvalue weighted by molar-refractivity contribution is 5.82. The van der Waals surface area contributed by atoms with E-state index in [9.17, 15) is 5.11 Å². The molecule has 1 fully saturated rings. The van der Waals surface area contributed by atoms with E-state index in [2.05, 4.69) is 0 Å². The third kappa shape index (κ3) is 1.97. The molecule has 0 aromatic carbocycles. The molecule has 0 aliphatic heterocycles. The molecule has 0 aromatic rings. The minimum atomic E-state index is -0.950. The Hall–Kier alpha value is -0.570. The fourth-order valence-corrected chi connectivity index (χ4v) is 1.64. The molecule has 0 heterocycles. The van der Waals surface area contributed by atoms with Crippen LogP contribution in [0, 0.1) is 5.41 Å². The summed E-state index contributed by atoms with van der Waals surface area (Å²) in [7, 11) is 0. The zero-order chi connectivity index (χ0) is 9.03. The molecule has 0 atom stereocenters. The summed E-state index contributed by atoms with van der Waals surface area (Å²) in [5, 5.41) is 17.4. The summed E-state index contributed by atoms with van der Waals surface area (Å²) >= 11 is 0. The molecule has 0 saturated heterocycles. The lowest BCUT2D eigenvalue weighted by Gasteiger charge is -2.31. The number of ether oxygens (including phenoxy) is 1. The molecule has 0 radical (unpaired) electrons. The number of hydrogen-bond acceptors (Lipinski definition) is 3. The minimum Gasteiger partial charge on any atom is -0.479 e. The first-order chi connectivity index (χ1) is 5.69. The SMILES string of the molecule is CCOC(=N)C1(O)CCCCC1. The van der Waals surface area contributed by atoms with Crippen molar-refractivity contribution < 1.29 is 9.84 Å². The van der Waals surface area contributed by atoms with Gasteiger partial charge in [-0.15, -0.1) is 0 Å². The smallest absolute Gasteiger partial charge is 0.213 e. The normalized spacial score (nSPS) is 21.8. The van der Waals surface area contributed by atoms with Crippen LogP contribution in [0.1, 0.15) is 39.0 Å². The van der Waals surface area contributed by atoms with Crippen molar-refractivity contribution in [3.05, 3.63) is 0 Å². The minimum absolute atomic E-state index is 0.0599. The molecular weight excluding hydrogens is 154 g/mol. The van der Waals surface area contributed by atoms with Crippen LogP contribution in [0.25, 0.3) is 0 Å². The lowest BCUT2D eigenvalue weighted by molar-refractivity contribution is 0.0433. The van der Waals surface area contributed by atoms with E-state index in [4.69, 9.17) is 10.1 Å². The van der Waals surface area contributed by atoms with Gasteiger partial charge in [-0.1, -0.05) is 19.3 Å². The number of rotatable bonds is 2. The van der Waals surface area contributed by atoms with Crippen molar-refractivity contribution in [2.75, 3.05) is 6.61 Å². The Morgan fingerprint density at radius 2 is 2.00 bits per heavy atom. The van der Waals surface area contributed by atoms with Gasteiger partial charge in [0.15, 0.2) is 0 Å². The maximum Gasteiger partial charge on any atom is 0.213 e. The van der Waals surface area contributed by atoms with E-state index in [0.717, 1.165) is 12.8 Å². The van der Waals surface area contributed by atoms with E-state index >= 15 is 0 Å². The predicted octanol–water partition coefficient (Wildman–Crippen LogP) is 1.70. The van der Waals surface area contributed by atoms with E-state index < -0.39 is 5.60 Å². The number of hydrogen-bond donors (Lipinski definition) is 2. The van der Waals surface area contributed by atoms with E-state index in [0.29, 0.717) is 19.4 Å². The van der Waals surface area contributed by atoms with Gasteiger partial charge in [0.25, 0.3) is 0 Å². The molecule has 0 unspecified atom stereocenters. The molecule has 3 heteroatoms. The van der Waals surface area contributed by atoms with Crippen LogP contribution in [-0.4, -0.2) is 23.2 Å². The average molecular weight is 171 g/mol. The van der Waals surface area contributed by atoms with Crippen molar-refractivity contribution >= 4 is 5.90 Å². The molecule has 2 N–H and O–H groups in total. The second-order valence-corrected chi connectivity index (χ2v) is 3.35. The van der Waals surface area contributed by atoms with Gasteiger partial charge in [-0.3, -0.25) is 5.41 Å². The molecular formula is C9H17NO2. The maximum absolute atomic E-state index is 9.92. The summed E-state index contributed by atoms with van der Waals surface area (Å²) in [5.41, 5.74) is -0.950. The summed E-state index contributed by atoms with van der Waals surface area (Å²) < 4.78 is 5.02. The van der Waals surface area contributed by atoms with Gasteiger partial charge in [0, 0.05) is 0 Å². The van der Waals surface area contributed by atoms with Crippen LogP contribution < -0.4 is 0 Å². The van der Waals surface area contributed by atoms with Crippen LogP contribution in [0.4, 0.5) is 0 Å². The molecule has 1 saturated carbocycles. The Morgan fingerprint density at radius 1 is 1.42 bits per heavy atom. The Labute approximate surface area is 73.2 Å². The fourth-order valence-electron chi connectivity index (χ4n) is 1.64. The average Bonchev–Trinajstić information content (AvgIpc) is 2.06. The van der Waals surface area contributed by atoms with Crippen LogP contribution in [-0.2, 0) is 4.74 Å². The highest BCUT2D eigenvalue weighted by Crippen LogP contribution is 2.29. The van der Waals surface area contributed by atoms with Crippen molar-refractivity contribution in [2.24, 2.45) is 0 Å². The van der Waals surface area contributed by atoms with Gasteiger partial charge in [-0.25, -0.2) is 0 Å². The summed E-state index contributed by atoms with van der Waals surface area (Å²) in [4.78, 5) is 0. The second-order valence-electron chi connectivity index (χ2n) is 3.35. The molecule has 0 bridgehead atoms. The number of nitrogens with one attached hydrogen (secondary N) is 1. The van der Waals surface area contributed by atoms with Crippen molar-refractivity contribution in [3.63, 3.8) is 0 Å². The van der Waals surface area contributed by atoms with Gasteiger partial charge in [0.05, 0.1) is 6.61 Å². The van der Waals surface area contributed by atoms with Crippen LogP contribution in [0.2, 0.25) is 0 Å². The zero-order valence-corrected chi connectivity index (χ0v) is 7.60. The highest BCUT2D eigenvalue weighted by atomic mass is 16.5. The van der Waals surface area contributed by atoms with Crippen molar-refractivity contribution in [1.29, 1.82) is 5.41 Å². The van der Waals surface area contributed by atoms with E-state index in [1.807, 2.05) is 6.92 Å². The Balaban J connectivity index is 2.50. The van der Waals surface area contributed by atoms with Crippen LogP contribution in [0.15, 0.2) is 0 Å². The molecule has 3 nitrogen and oxygen atoms in total. The van der Waals surface area contributed by atoms with Crippen molar-refractivity contribution in [3.8, 4) is 0 Å². The summed E-state index contributed by atoms with van der Waals surface area (Å²) in [6.07, 6.45) is 4.55. The largest absolute Gasteiger partial charge is 0.479 e. The molecule has 70 valence electrons. The molecule has 1 rings (SSSR count). The second kappa shape index (κ2) is 3.90. The zero-order valence-electron chi connectivity index (χ0n) is 7.60. The van der Waals surface area contributed by atoms with Gasteiger partial charge >= 0.3 is 0 Å². The van der Waals surface area contributed by atoms with Gasteiger partial charge < -0.3 is 9.84 Å². The van der Waals surface area contributed by atoms with Crippen molar-refractivity contribution in [1.82, 2.24) is 0 Å². The lowest BCUT2D eigenvalue weighted by atomic mass is 9.85. The predicted molar refractivity (Wildman–Crippen MR) is 47.4 cm³/mol. The Morgan fingerprint density at radius 3 is 2.50 bits per heavy atom. The molecule has 1 aliphatic rings. The fraction of sp³-hybridized carbons (Fsp3) is 0.889. The van der Waals surface area contributed by atoms with Gasteiger partial charge in [-0.05, 0) is 19.8 Å². The van der Waals surface area contributed by atoms with E-state index in [-0.39, 0.29) is 5.90 Å². The van der Waals surface area contributed by atoms with Crippen LogP contribution in [0.3, 0.4) is 0 Å². The highest BCUT2D eigenvalue weighted by Gasteiger charge is 2.35. The van der Waals surface area contributed by atoms with Gasteiger partial charge in [-0.2, -0.15) is 0 Å². The third-order valence-electron chi connectivity index (χ3n) is 2.39. The standard InChI is InChI=1S/C9H17NO2/c1-2-12-8(10)9(11)6-4-3-5-7-9/h10-11H,2-7H2,1H3. The molecule has 12 heavy (non-hydrogen) atoms. The van der Waals surface area contributed by atoms with E-state index in [1.165, 1.54) is 6.42 Å². The first-order valence-electron chi connectivity index (χ1n) is 4.63. The quantitative estimate of drug-likeness (QED) is 0.490. The summed E-state index contributed by atoms with van der Waals surface area (Å²) in [6.45, 7) is 2.31. The molecule has 0 aromatic heterocycles. The monoisotopic (exact) mass is 171 g/mol. The van der Waals surface area contributed by atoms with Crippen LogP contribution in [0.5, 0.6) is 0 Å². The Bertz CT molecular complexity index is 162. The van der Waals surface area contributed by atoms with Gasteiger partial charge in [0.2, 0.25) is 5.90 Å². The first kappa shape index (κ1) is 9.52. The summed E-state index contributed by atoms with van der Waals surface area (Å²) in [5.74, 6) is 0.0599. The lowest BCUT2D eigenvalue weighted by Crippen LogP contribution is -2.41. The Kier molecular flexibility index (Phi) is 3.09. The topological polar surface area (TPSA) is 53.3 Å². The summed E-state index contributed by atoms with van der Waals surface area (Å²) in [6, 6.07) is 0. The van der Waals surface area contributed by atoms with Crippen LogP contribution >= 0.6 is 0 Å². The third-order valence-corrected chi connectivity index (χ3v) is 2.39.